The van der Waals surface area contributed by atoms with E-state index in [0.29, 0.717) is 5.92 Å². The van der Waals surface area contributed by atoms with E-state index in [1.54, 1.807) is 0 Å². The highest BCUT2D eigenvalue weighted by Gasteiger charge is 2.19. The van der Waals surface area contributed by atoms with Gasteiger partial charge in [-0.05, 0) is 43.2 Å². The first-order valence-electron chi connectivity index (χ1n) is 6.30. The lowest BCUT2D eigenvalue weighted by Crippen LogP contribution is -2.22. The molecule has 4 heteroatoms. The molecule has 2 atom stereocenters. The maximum atomic E-state index is 5.96. The minimum Gasteiger partial charge on any atom is -0.490 e. The van der Waals surface area contributed by atoms with Crippen LogP contribution in [0, 0.1) is 5.92 Å². The summed E-state index contributed by atoms with van der Waals surface area (Å²) in [7, 11) is 0. The fraction of sp³-hybridized carbons (Fsp3) is 0.429. The minimum absolute atomic E-state index is 0.208. The van der Waals surface area contributed by atoms with Crippen molar-refractivity contribution in [2.75, 3.05) is 6.54 Å². The van der Waals surface area contributed by atoms with Gasteiger partial charge in [-0.3, -0.25) is 0 Å². The maximum Gasteiger partial charge on any atom is 0.119 e. The summed E-state index contributed by atoms with van der Waals surface area (Å²) in [6.07, 6.45) is 4.24. The quantitative estimate of drug-likeness (QED) is 0.862. The molecule has 98 valence electrons. The Morgan fingerprint density at radius 2 is 2.17 bits per heavy atom. The number of nitrogens with two attached hydrogens (primary N) is 1. The lowest BCUT2D eigenvalue weighted by atomic mass is 10.0. The molecule has 0 spiro atoms. The van der Waals surface area contributed by atoms with Gasteiger partial charge in [0.1, 0.15) is 5.75 Å². The SMILES string of the molecule is CC[C@H](C[C@H]1C=C(N)NC1)Oc1ccc(Cl)cc1. The van der Waals surface area contributed by atoms with E-state index in [9.17, 15) is 0 Å². The molecule has 3 N–H and O–H groups in total. The normalized spacial score (nSPS) is 20.1. The third kappa shape index (κ3) is 3.57. The van der Waals surface area contributed by atoms with Crippen LogP contribution in [0.4, 0.5) is 0 Å². The molecule has 18 heavy (non-hydrogen) atoms. The van der Waals surface area contributed by atoms with Crippen molar-refractivity contribution in [3.8, 4) is 5.75 Å². The van der Waals surface area contributed by atoms with Gasteiger partial charge in [-0.2, -0.15) is 0 Å². The molecule has 1 aromatic rings. The number of nitrogens with one attached hydrogen (secondary N) is 1. The number of halogens is 1. The van der Waals surface area contributed by atoms with E-state index in [1.807, 2.05) is 24.3 Å². The smallest absolute Gasteiger partial charge is 0.119 e. The highest BCUT2D eigenvalue weighted by Crippen LogP contribution is 2.22. The van der Waals surface area contributed by atoms with Crippen LogP contribution in [-0.2, 0) is 0 Å². The highest BCUT2D eigenvalue weighted by atomic mass is 35.5. The van der Waals surface area contributed by atoms with Gasteiger partial charge >= 0.3 is 0 Å². The highest BCUT2D eigenvalue weighted by molar-refractivity contribution is 6.30. The number of hydrogen-bond donors (Lipinski definition) is 2. The third-order valence-electron chi connectivity index (χ3n) is 3.12. The van der Waals surface area contributed by atoms with Crippen LogP contribution in [0.3, 0.4) is 0 Å². The van der Waals surface area contributed by atoms with Gasteiger partial charge in [0, 0.05) is 17.5 Å². The van der Waals surface area contributed by atoms with Gasteiger partial charge in [0.05, 0.1) is 11.9 Å². The Bertz CT molecular complexity index is 416. The molecular weight excluding hydrogens is 248 g/mol. The summed E-state index contributed by atoms with van der Waals surface area (Å²) in [6.45, 7) is 3.04. The average molecular weight is 267 g/mol. The standard InChI is InChI=1S/C14H19ClN2O/c1-2-12(7-10-8-14(16)17-9-10)18-13-5-3-11(15)4-6-13/h3-6,8,10,12,17H,2,7,9,16H2,1H3/t10-,12+/m0/s1. The van der Waals surface area contributed by atoms with Gasteiger partial charge in [-0.1, -0.05) is 18.5 Å². The topological polar surface area (TPSA) is 47.3 Å². The largest absolute Gasteiger partial charge is 0.490 e. The maximum absolute atomic E-state index is 5.96. The van der Waals surface area contributed by atoms with Crippen LogP contribution >= 0.6 is 11.6 Å². The van der Waals surface area contributed by atoms with Gasteiger partial charge < -0.3 is 15.8 Å². The summed E-state index contributed by atoms with van der Waals surface area (Å²) in [4.78, 5) is 0. The molecule has 1 aromatic carbocycles. The first kappa shape index (κ1) is 13.1. The van der Waals surface area contributed by atoms with Gasteiger partial charge in [-0.25, -0.2) is 0 Å². The van der Waals surface area contributed by atoms with Crippen molar-refractivity contribution in [1.29, 1.82) is 0 Å². The monoisotopic (exact) mass is 266 g/mol. The summed E-state index contributed by atoms with van der Waals surface area (Å²) < 4.78 is 5.96. The van der Waals surface area contributed by atoms with E-state index in [0.717, 1.165) is 36.0 Å². The fourth-order valence-electron chi connectivity index (χ4n) is 2.11. The molecule has 3 nitrogen and oxygen atoms in total. The second-order valence-corrected chi connectivity index (χ2v) is 5.04. The van der Waals surface area contributed by atoms with Gasteiger partial charge in [0.15, 0.2) is 0 Å². The second kappa shape index (κ2) is 6.01. The van der Waals surface area contributed by atoms with Crippen molar-refractivity contribution in [1.82, 2.24) is 5.32 Å². The summed E-state index contributed by atoms with van der Waals surface area (Å²) in [6, 6.07) is 7.50. The number of rotatable bonds is 5. The predicted molar refractivity (Wildman–Crippen MR) is 74.5 cm³/mol. The minimum atomic E-state index is 0.208. The van der Waals surface area contributed by atoms with Crippen LogP contribution in [0.15, 0.2) is 36.2 Å². The van der Waals surface area contributed by atoms with E-state index in [1.165, 1.54) is 0 Å². The van der Waals surface area contributed by atoms with E-state index < -0.39 is 0 Å². The molecule has 0 saturated heterocycles. The van der Waals surface area contributed by atoms with Gasteiger partial charge in [0.2, 0.25) is 0 Å². The van der Waals surface area contributed by atoms with Crippen molar-refractivity contribution in [2.45, 2.75) is 25.9 Å². The van der Waals surface area contributed by atoms with Gasteiger partial charge in [-0.15, -0.1) is 0 Å². The molecule has 2 rings (SSSR count). The number of hydrogen-bond acceptors (Lipinski definition) is 3. The molecule has 0 radical (unpaired) electrons. The summed E-state index contributed by atoms with van der Waals surface area (Å²) >= 11 is 5.85. The van der Waals surface area contributed by atoms with E-state index >= 15 is 0 Å². The Balaban J connectivity index is 1.91. The van der Waals surface area contributed by atoms with Crippen molar-refractivity contribution in [3.63, 3.8) is 0 Å². The first-order chi connectivity index (χ1) is 8.67. The molecule has 0 aromatic heterocycles. The number of ether oxygens (including phenoxy) is 1. The molecule has 0 bridgehead atoms. The summed E-state index contributed by atoms with van der Waals surface area (Å²) in [5.74, 6) is 2.11. The van der Waals surface area contributed by atoms with Crippen molar-refractivity contribution < 1.29 is 4.74 Å². The van der Waals surface area contributed by atoms with Crippen LogP contribution in [0.2, 0.25) is 5.02 Å². The summed E-state index contributed by atoms with van der Waals surface area (Å²) in [5, 5.41) is 3.86. The number of benzene rings is 1. The van der Waals surface area contributed by atoms with E-state index in [2.05, 4.69) is 18.3 Å². The zero-order valence-electron chi connectivity index (χ0n) is 10.5. The second-order valence-electron chi connectivity index (χ2n) is 4.60. The van der Waals surface area contributed by atoms with Crippen LogP contribution in [0.25, 0.3) is 0 Å². The molecule has 0 saturated carbocycles. The Morgan fingerprint density at radius 1 is 1.44 bits per heavy atom. The zero-order chi connectivity index (χ0) is 13.0. The zero-order valence-corrected chi connectivity index (χ0v) is 11.3. The Morgan fingerprint density at radius 3 is 2.72 bits per heavy atom. The molecule has 0 unspecified atom stereocenters. The molecule has 1 aliphatic heterocycles. The van der Waals surface area contributed by atoms with E-state index in [-0.39, 0.29) is 6.10 Å². The molecule has 0 aliphatic carbocycles. The van der Waals surface area contributed by atoms with Crippen molar-refractivity contribution in [3.05, 3.63) is 41.2 Å². The van der Waals surface area contributed by atoms with Crippen LogP contribution in [0.1, 0.15) is 19.8 Å². The Kier molecular flexibility index (Phi) is 4.37. The molecule has 0 fully saturated rings. The van der Waals surface area contributed by atoms with Crippen LogP contribution < -0.4 is 15.8 Å². The molecule has 1 heterocycles. The van der Waals surface area contributed by atoms with E-state index in [4.69, 9.17) is 22.1 Å². The average Bonchev–Trinajstić information content (AvgIpc) is 2.77. The van der Waals surface area contributed by atoms with Crippen molar-refractivity contribution >= 4 is 11.6 Å². The fourth-order valence-corrected chi connectivity index (χ4v) is 2.24. The van der Waals surface area contributed by atoms with Crippen molar-refractivity contribution in [2.24, 2.45) is 11.7 Å². The molecule has 0 amide bonds. The Hall–Kier alpha value is -1.35. The lowest BCUT2D eigenvalue weighted by molar-refractivity contribution is 0.173. The Labute approximate surface area is 113 Å². The van der Waals surface area contributed by atoms with Crippen LogP contribution in [0.5, 0.6) is 5.75 Å². The van der Waals surface area contributed by atoms with Crippen LogP contribution in [-0.4, -0.2) is 12.6 Å². The molecule has 1 aliphatic rings. The predicted octanol–water partition coefficient (Wildman–Crippen LogP) is 2.91. The lowest BCUT2D eigenvalue weighted by Gasteiger charge is -2.20. The van der Waals surface area contributed by atoms with Gasteiger partial charge in [0.25, 0.3) is 0 Å². The third-order valence-corrected chi connectivity index (χ3v) is 3.37. The first-order valence-corrected chi connectivity index (χ1v) is 6.68. The molecular formula is C14H19ClN2O. The summed E-state index contributed by atoms with van der Waals surface area (Å²) in [5.41, 5.74) is 5.71.